The van der Waals surface area contributed by atoms with E-state index in [9.17, 15) is 4.79 Å². The van der Waals surface area contributed by atoms with E-state index in [4.69, 9.17) is 0 Å². The summed E-state index contributed by atoms with van der Waals surface area (Å²) in [5, 5.41) is 0. The van der Waals surface area contributed by atoms with Crippen molar-refractivity contribution in [3.63, 3.8) is 0 Å². The molecule has 1 saturated carbocycles. The average molecular weight is 223 g/mol. The van der Waals surface area contributed by atoms with E-state index in [0.29, 0.717) is 11.2 Å². The summed E-state index contributed by atoms with van der Waals surface area (Å²) in [5.74, 6) is 0.524. The highest BCUT2D eigenvalue weighted by Gasteiger charge is 2.50. The summed E-state index contributed by atoms with van der Waals surface area (Å²) >= 11 is 0. The molecule has 0 atom stereocenters. The van der Waals surface area contributed by atoms with Crippen LogP contribution < -0.4 is 0 Å². The molecule has 0 aromatic heterocycles. The Morgan fingerprint density at radius 2 is 1.81 bits per heavy atom. The Labute approximate surface area is 99.4 Å². The first kappa shape index (κ1) is 12.1. The van der Waals surface area contributed by atoms with Crippen molar-refractivity contribution in [3.05, 3.63) is 0 Å². The van der Waals surface area contributed by atoms with Gasteiger partial charge < -0.3 is 0 Å². The maximum Gasteiger partial charge on any atom is 0.154 e. The summed E-state index contributed by atoms with van der Waals surface area (Å²) in [6, 6.07) is 0. The lowest BCUT2D eigenvalue weighted by Gasteiger charge is -2.45. The van der Waals surface area contributed by atoms with Gasteiger partial charge in [0.05, 0.1) is 5.54 Å². The molecular weight excluding hydrogens is 198 g/mol. The average Bonchev–Trinajstić information content (AvgIpc) is 2.52. The molecule has 1 aliphatic heterocycles. The molecule has 92 valence electrons. The van der Waals surface area contributed by atoms with E-state index in [0.717, 1.165) is 32.4 Å². The van der Waals surface area contributed by atoms with E-state index in [-0.39, 0.29) is 5.54 Å². The van der Waals surface area contributed by atoms with Gasteiger partial charge in [-0.2, -0.15) is 0 Å². The highest BCUT2D eigenvalue weighted by atomic mass is 16.1. The van der Waals surface area contributed by atoms with Crippen LogP contribution in [0.4, 0.5) is 0 Å². The summed E-state index contributed by atoms with van der Waals surface area (Å²) < 4.78 is 0. The van der Waals surface area contributed by atoms with Crippen molar-refractivity contribution in [2.45, 2.75) is 64.8 Å². The SMILES string of the molecule is CCCN1CCC(=O)C12CCC(C)(C)CC2. The van der Waals surface area contributed by atoms with Gasteiger partial charge in [0.25, 0.3) is 0 Å². The molecule has 2 rings (SSSR count). The normalized spacial score (nSPS) is 28.8. The third-order valence-corrected chi connectivity index (χ3v) is 4.66. The molecule has 0 unspecified atom stereocenters. The van der Waals surface area contributed by atoms with Crippen LogP contribution in [0.3, 0.4) is 0 Å². The second-order valence-corrected chi connectivity index (χ2v) is 6.36. The zero-order valence-corrected chi connectivity index (χ0v) is 11.0. The molecule has 1 spiro atoms. The summed E-state index contributed by atoms with van der Waals surface area (Å²) in [4.78, 5) is 14.7. The van der Waals surface area contributed by atoms with Crippen LogP contribution in [-0.2, 0) is 4.79 Å². The van der Waals surface area contributed by atoms with Crippen molar-refractivity contribution in [2.75, 3.05) is 13.1 Å². The Bertz CT molecular complexity index is 272. The van der Waals surface area contributed by atoms with E-state index >= 15 is 0 Å². The fourth-order valence-electron chi connectivity index (χ4n) is 3.39. The van der Waals surface area contributed by atoms with Crippen LogP contribution in [0.2, 0.25) is 0 Å². The minimum Gasteiger partial charge on any atom is -0.298 e. The number of likely N-dealkylation sites (tertiary alicyclic amines) is 1. The van der Waals surface area contributed by atoms with Crippen molar-refractivity contribution in [1.82, 2.24) is 4.90 Å². The van der Waals surface area contributed by atoms with Gasteiger partial charge in [0.1, 0.15) is 0 Å². The maximum atomic E-state index is 12.2. The highest BCUT2D eigenvalue weighted by Crippen LogP contribution is 2.46. The molecule has 2 fully saturated rings. The van der Waals surface area contributed by atoms with Crippen molar-refractivity contribution < 1.29 is 4.79 Å². The first-order valence-electron chi connectivity index (χ1n) is 6.79. The van der Waals surface area contributed by atoms with Gasteiger partial charge in [0.2, 0.25) is 0 Å². The maximum absolute atomic E-state index is 12.2. The standard InChI is InChI=1S/C14H25NO/c1-4-10-15-11-5-12(16)14(15)8-6-13(2,3)7-9-14/h4-11H2,1-3H3. The fourth-order valence-corrected chi connectivity index (χ4v) is 3.39. The molecule has 0 aromatic rings. The number of carbonyl (C=O) groups is 1. The molecule has 2 aliphatic rings. The van der Waals surface area contributed by atoms with Crippen LogP contribution in [-0.4, -0.2) is 29.3 Å². The number of nitrogens with zero attached hydrogens (tertiary/aromatic N) is 1. The monoisotopic (exact) mass is 223 g/mol. The molecule has 2 heteroatoms. The van der Waals surface area contributed by atoms with Crippen molar-refractivity contribution in [2.24, 2.45) is 5.41 Å². The number of rotatable bonds is 2. The molecule has 0 bridgehead atoms. The van der Waals surface area contributed by atoms with E-state index in [1.165, 1.54) is 19.3 Å². The van der Waals surface area contributed by atoms with Crippen LogP contribution in [0.1, 0.15) is 59.3 Å². The van der Waals surface area contributed by atoms with Crippen LogP contribution in [0.25, 0.3) is 0 Å². The predicted molar refractivity (Wildman–Crippen MR) is 66.5 cm³/mol. The Morgan fingerprint density at radius 3 is 2.38 bits per heavy atom. The Morgan fingerprint density at radius 1 is 1.19 bits per heavy atom. The lowest BCUT2D eigenvalue weighted by Crippen LogP contribution is -2.52. The van der Waals surface area contributed by atoms with E-state index < -0.39 is 0 Å². The first-order chi connectivity index (χ1) is 7.50. The molecule has 1 aliphatic carbocycles. The van der Waals surface area contributed by atoms with Crippen LogP contribution in [0.15, 0.2) is 0 Å². The number of hydrogen-bond donors (Lipinski definition) is 0. The second kappa shape index (κ2) is 4.14. The topological polar surface area (TPSA) is 20.3 Å². The third-order valence-electron chi connectivity index (χ3n) is 4.66. The lowest BCUT2D eigenvalue weighted by atomic mass is 9.68. The number of Topliss-reactive ketones (excluding diaryl/α,β-unsaturated/α-hetero) is 1. The van der Waals surface area contributed by atoms with Crippen molar-refractivity contribution >= 4 is 5.78 Å². The van der Waals surface area contributed by atoms with Gasteiger partial charge in [0.15, 0.2) is 5.78 Å². The van der Waals surface area contributed by atoms with Gasteiger partial charge in [-0.25, -0.2) is 0 Å². The quantitative estimate of drug-likeness (QED) is 0.717. The largest absolute Gasteiger partial charge is 0.298 e. The molecule has 0 N–H and O–H groups in total. The Balaban J connectivity index is 2.13. The molecular formula is C14H25NO. The molecule has 0 radical (unpaired) electrons. The summed E-state index contributed by atoms with van der Waals surface area (Å²) in [7, 11) is 0. The molecule has 1 heterocycles. The minimum atomic E-state index is -0.0501. The zero-order chi connectivity index (χ0) is 11.8. The highest BCUT2D eigenvalue weighted by molar-refractivity contribution is 5.90. The Hall–Kier alpha value is -0.370. The van der Waals surface area contributed by atoms with E-state index in [1.807, 2.05) is 0 Å². The third kappa shape index (κ3) is 1.92. The molecule has 1 saturated heterocycles. The number of ketones is 1. The van der Waals surface area contributed by atoms with Gasteiger partial charge in [-0.1, -0.05) is 20.8 Å². The minimum absolute atomic E-state index is 0.0501. The van der Waals surface area contributed by atoms with Crippen LogP contribution in [0.5, 0.6) is 0 Å². The summed E-state index contributed by atoms with van der Waals surface area (Å²) in [6.07, 6.45) is 6.56. The van der Waals surface area contributed by atoms with Gasteiger partial charge >= 0.3 is 0 Å². The Kier molecular flexibility index (Phi) is 3.13. The first-order valence-corrected chi connectivity index (χ1v) is 6.79. The zero-order valence-electron chi connectivity index (χ0n) is 11.0. The van der Waals surface area contributed by atoms with Crippen LogP contribution >= 0.6 is 0 Å². The molecule has 0 amide bonds. The fraction of sp³-hybridized carbons (Fsp3) is 0.929. The van der Waals surface area contributed by atoms with Crippen LogP contribution in [0, 0.1) is 5.41 Å². The predicted octanol–water partition coefficient (Wildman–Crippen LogP) is 3.01. The van der Waals surface area contributed by atoms with Gasteiger partial charge in [0, 0.05) is 13.0 Å². The molecule has 0 aromatic carbocycles. The van der Waals surface area contributed by atoms with Gasteiger partial charge in [-0.15, -0.1) is 0 Å². The summed E-state index contributed by atoms with van der Waals surface area (Å²) in [5.41, 5.74) is 0.400. The van der Waals surface area contributed by atoms with E-state index in [2.05, 4.69) is 25.7 Å². The second-order valence-electron chi connectivity index (χ2n) is 6.36. The van der Waals surface area contributed by atoms with Gasteiger partial charge in [-0.05, 0) is 44.1 Å². The van der Waals surface area contributed by atoms with Crippen molar-refractivity contribution in [1.29, 1.82) is 0 Å². The summed E-state index contributed by atoms with van der Waals surface area (Å²) in [6.45, 7) is 9.00. The molecule has 16 heavy (non-hydrogen) atoms. The number of carbonyl (C=O) groups excluding carboxylic acids is 1. The lowest BCUT2D eigenvalue weighted by molar-refractivity contribution is -0.128. The van der Waals surface area contributed by atoms with E-state index in [1.54, 1.807) is 0 Å². The van der Waals surface area contributed by atoms with Gasteiger partial charge in [-0.3, -0.25) is 9.69 Å². The molecule has 2 nitrogen and oxygen atoms in total. The van der Waals surface area contributed by atoms with Crippen molar-refractivity contribution in [3.8, 4) is 0 Å². The number of hydrogen-bond acceptors (Lipinski definition) is 2. The smallest absolute Gasteiger partial charge is 0.154 e.